The molecule has 0 N–H and O–H groups in total. The van der Waals surface area contributed by atoms with E-state index in [1.165, 1.54) is 30.5 Å². The van der Waals surface area contributed by atoms with Crippen LogP contribution in [0.2, 0.25) is 0 Å². The van der Waals surface area contributed by atoms with E-state index in [2.05, 4.69) is 40.1 Å². The Labute approximate surface area is 206 Å². The summed E-state index contributed by atoms with van der Waals surface area (Å²) < 4.78 is 38.4. The summed E-state index contributed by atoms with van der Waals surface area (Å²) in [6.07, 6.45) is 2.59. The van der Waals surface area contributed by atoms with Gasteiger partial charge in [0.2, 0.25) is 0 Å². The van der Waals surface area contributed by atoms with E-state index in [1.807, 2.05) is 6.07 Å². The summed E-state index contributed by atoms with van der Waals surface area (Å²) >= 11 is 0. The lowest BCUT2D eigenvalue weighted by Gasteiger charge is -2.47. The van der Waals surface area contributed by atoms with Crippen LogP contribution in [-0.4, -0.2) is 37.6 Å². The number of benzene rings is 2. The molecule has 3 aliphatic rings. The molecule has 5 rings (SSSR count). The third-order valence-electron chi connectivity index (χ3n) is 8.70. The van der Waals surface area contributed by atoms with Crippen LogP contribution in [0.15, 0.2) is 54.6 Å². The molecule has 0 amide bonds. The molecule has 1 atom stereocenters. The molecule has 2 aromatic carbocycles. The molecule has 1 aliphatic carbocycles. The topological polar surface area (TPSA) is 30.3 Å². The minimum atomic E-state index is -4.29. The molecule has 0 aromatic heterocycles. The third kappa shape index (κ3) is 4.80. The van der Waals surface area contributed by atoms with Crippen molar-refractivity contribution in [2.24, 2.45) is 17.8 Å². The van der Waals surface area contributed by atoms with Crippen molar-refractivity contribution >= 4 is 5.69 Å². The second-order valence-corrected chi connectivity index (χ2v) is 10.7. The van der Waals surface area contributed by atoms with Crippen molar-refractivity contribution in [3.05, 3.63) is 65.7 Å². The fourth-order valence-corrected chi connectivity index (χ4v) is 6.84. The van der Waals surface area contributed by atoms with Gasteiger partial charge in [-0.3, -0.25) is 0 Å². The van der Waals surface area contributed by atoms with Gasteiger partial charge in [0.15, 0.2) is 0 Å². The van der Waals surface area contributed by atoms with Gasteiger partial charge in [0.1, 0.15) is 0 Å². The first-order valence-electron chi connectivity index (χ1n) is 13.0. The fraction of sp³-hybridized carbons (Fsp3) is 0.552. The maximum absolute atomic E-state index is 12.8. The molecule has 0 spiro atoms. The number of alkyl halides is 3. The van der Waals surface area contributed by atoms with Gasteiger partial charge in [0.05, 0.1) is 17.0 Å². The van der Waals surface area contributed by atoms with E-state index in [1.54, 1.807) is 12.1 Å². The zero-order valence-corrected chi connectivity index (χ0v) is 20.2. The largest absolute Gasteiger partial charge is 0.416 e. The number of hydrogen-bond acceptors (Lipinski definition) is 3. The van der Waals surface area contributed by atoms with Gasteiger partial charge in [0.25, 0.3) is 0 Å². The number of likely N-dealkylation sites (tertiary alicyclic amines) is 1. The summed E-state index contributed by atoms with van der Waals surface area (Å²) in [5.74, 6) is 1.38. The van der Waals surface area contributed by atoms with Crippen LogP contribution in [0.5, 0.6) is 0 Å². The van der Waals surface area contributed by atoms with Crippen molar-refractivity contribution in [3.63, 3.8) is 0 Å². The molecule has 1 unspecified atom stereocenters. The summed E-state index contributed by atoms with van der Waals surface area (Å²) in [6, 6.07) is 18.9. The molecule has 1 saturated carbocycles. The van der Waals surface area contributed by atoms with Crippen molar-refractivity contribution in [1.29, 1.82) is 5.26 Å². The van der Waals surface area contributed by atoms with Crippen LogP contribution in [0.4, 0.5) is 18.9 Å². The minimum absolute atomic E-state index is 0.375. The predicted molar refractivity (Wildman–Crippen MR) is 132 cm³/mol. The molecule has 2 aromatic rings. The maximum Gasteiger partial charge on any atom is 0.416 e. The Hall–Kier alpha value is -2.52. The lowest BCUT2D eigenvalue weighted by Crippen LogP contribution is -2.53. The fourth-order valence-electron chi connectivity index (χ4n) is 6.84. The third-order valence-corrected chi connectivity index (χ3v) is 8.70. The van der Waals surface area contributed by atoms with E-state index in [9.17, 15) is 18.4 Å². The lowest BCUT2D eigenvalue weighted by molar-refractivity contribution is -0.137. The second-order valence-electron chi connectivity index (χ2n) is 10.7. The molecule has 0 bridgehead atoms. The molecule has 0 radical (unpaired) electrons. The smallest absolute Gasteiger partial charge is 0.371 e. The van der Waals surface area contributed by atoms with Gasteiger partial charge < -0.3 is 9.80 Å². The van der Waals surface area contributed by atoms with Crippen LogP contribution in [0.1, 0.15) is 49.7 Å². The highest BCUT2D eigenvalue weighted by molar-refractivity contribution is 5.50. The number of piperidine rings is 1. The summed E-state index contributed by atoms with van der Waals surface area (Å²) in [5, 5.41) is 10.6. The number of nitrogens with zero attached hydrogens (tertiary/aromatic N) is 3. The van der Waals surface area contributed by atoms with Crippen LogP contribution in [-0.2, 0) is 11.6 Å². The first-order valence-corrected chi connectivity index (χ1v) is 13.0. The Morgan fingerprint density at radius 2 is 1.40 bits per heavy atom. The average molecular weight is 482 g/mol. The first kappa shape index (κ1) is 24.2. The number of anilines is 1. The second kappa shape index (κ2) is 9.85. The number of halogens is 3. The Kier molecular flexibility index (Phi) is 6.81. The quantitative estimate of drug-likeness (QED) is 0.471. The van der Waals surface area contributed by atoms with Crippen molar-refractivity contribution in [1.82, 2.24) is 4.90 Å². The molecule has 2 saturated heterocycles. The molecule has 3 fully saturated rings. The lowest BCUT2D eigenvalue weighted by atomic mass is 9.60. The monoisotopic (exact) mass is 481 g/mol. The predicted octanol–water partition coefficient (Wildman–Crippen LogP) is 6.51. The normalized spacial score (nSPS) is 22.5. The van der Waals surface area contributed by atoms with Crippen molar-refractivity contribution in [2.45, 2.75) is 50.1 Å². The molecular formula is C29H34F3N3. The number of rotatable bonds is 6. The standard InChI is InChI=1S/C29H34F3N3/c30-29(31,32)26-10-12-27(13-11-26)35-19-22(20-35)18-34-16-14-25(15-17-34)28(21-33,24-8-4-5-9-24)23-6-2-1-3-7-23/h1-3,6-7,10-13,22,24-25H,4-5,8-9,14-20H2. The van der Waals surface area contributed by atoms with Gasteiger partial charge >= 0.3 is 6.18 Å². The minimum Gasteiger partial charge on any atom is -0.371 e. The Morgan fingerprint density at radius 1 is 0.800 bits per heavy atom. The molecule has 3 nitrogen and oxygen atoms in total. The maximum atomic E-state index is 12.8. The molecular weight excluding hydrogens is 447 g/mol. The highest BCUT2D eigenvalue weighted by atomic mass is 19.4. The summed E-state index contributed by atoms with van der Waals surface area (Å²) in [4.78, 5) is 4.70. The van der Waals surface area contributed by atoms with Gasteiger partial charge in [-0.05, 0) is 80.4 Å². The van der Waals surface area contributed by atoms with Crippen molar-refractivity contribution in [3.8, 4) is 6.07 Å². The Morgan fingerprint density at radius 3 is 1.97 bits per heavy atom. The van der Waals surface area contributed by atoms with Gasteiger partial charge in [-0.15, -0.1) is 0 Å². The average Bonchev–Trinajstić information content (AvgIpc) is 3.38. The summed E-state index contributed by atoms with van der Waals surface area (Å²) in [7, 11) is 0. The Bertz CT molecular complexity index is 1010. The molecule has 35 heavy (non-hydrogen) atoms. The van der Waals surface area contributed by atoms with E-state index in [4.69, 9.17) is 0 Å². The van der Waals surface area contributed by atoms with E-state index in [-0.39, 0.29) is 5.41 Å². The van der Waals surface area contributed by atoms with Gasteiger partial charge in [-0.1, -0.05) is 43.2 Å². The van der Waals surface area contributed by atoms with Gasteiger partial charge in [-0.25, -0.2) is 0 Å². The zero-order chi connectivity index (χ0) is 24.5. The van der Waals surface area contributed by atoms with Crippen LogP contribution in [0.3, 0.4) is 0 Å². The molecule has 186 valence electrons. The SMILES string of the molecule is N#CC(c1ccccc1)(C1CCCC1)C1CCN(CC2CN(c3ccc(C(F)(F)F)cc3)C2)CC1. The molecule has 6 heteroatoms. The first-order chi connectivity index (χ1) is 16.9. The summed E-state index contributed by atoms with van der Waals surface area (Å²) in [6.45, 7) is 4.84. The molecule has 2 aliphatic heterocycles. The highest BCUT2D eigenvalue weighted by Crippen LogP contribution is 2.50. The van der Waals surface area contributed by atoms with Crippen LogP contribution < -0.4 is 4.90 Å². The highest BCUT2D eigenvalue weighted by Gasteiger charge is 2.48. The number of hydrogen-bond donors (Lipinski definition) is 0. The van der Waals surface area contributed by atoms with Gasteiger partial charge in [0, 0.05) is 31.2 Å². The van der Waals surface area contributed by atoms with Gasteiger partial charge in [-0.2, -0.15) is 18.4 Å². The Balaban J connectivity index is 1.17. The molecule has 2 heterocycles. The van der Waals surface area contributed by atoms with Crippen LogP contribution >= 0.6 is 0 Å². The van der Waals surface area contributed by atoms with Crippen molar-refractivity contribution < 1.29 is 13.2 Å². The van der Waals surface area contributed by atoms with Crippen LogP contribution in [0, 0.1) is 29.1 Å². The van der Waals surface area contributed by atoms with E-state index in [0.29, 0.717) is 17.8 Å². The van der Waals surface area contributed by atoms with Crippen LogP contribution in [0.25, 0.3) is 0 Å². The zero-order valence-electron chi connectivity index (χ0n) is 20.2. The summed E-state index contributed by atoms with van der Waals surface area (Å²) in [5.41, 5.74) is 1.10. The number of nitriles is 1. The van der Waals surface area contributed by atoms with E-state index in [0.717, 1.165) is 64.1 Å². The van der Waals surface area contributed by atoms with Crippen molar-refractivity contribution in [2.75, 3.05) is 37.6 Å². The van der Waals surface area contributed by atoms with E-state index < -0.39 is 11.7 Å². The van der Waals surface area contributed by atoms with E-state index >= 15 is 0 Å².